The van der Waals surface area contributed by atoms with Crippen molar-refractivity contribution in [3.05, 3.63) is 12.7 Å². The van der Waals surface area contributed by atoms with E-state index in [2.05, 4.69) is 20.4 Å². The van der Waals surface area contributed by atoms with Gasteiger partial charge in [0.05, 0.1) is 0 Å². The predicted molar refractivity (Wildman–Crippen MR) is 32.6 cm³/mol. The third-order valence-corrected chi connectivity index (χ3v) is 0.471. The summed E-state index contributed by atoms with van der Waals surface area (Å²) in [5.41, 5.74) is 0. The van der Waals surface area contributed by atoms with E-state index in [0.717, 1.165) is 0 Å². The molecule has 0 radical (unpaired) electrons. The fraction of sp³-hybridized carbons (Fsp3) is 0.600. The second-order valence-electron chi connectivity index (χ2n) is 1.93. The lowest BCUT2D eigenvalue weighted by atomic mass is 10.2. The molecule has 0 aliphatic carbocycles. The first-order chi connectivity index (χ1) is 4.27. The fourth-order valence-electron chi connectivity index (χ4n) is 0. The summed E-state index contributed by atoms with van der Waals surface area (Å²) in [6, 6.07) is 0. The van der Waals surface area contributed by atoms with Crippen molar-refractivity contribution in [3.8, 4) is 0 Å². The van der Waals surface area contributed by atoms with E-state index in [-0.39, 0.29) is 0 Å². The molecule has 0 N–H and O–H groups in total. The Morgan fingerprint density at radius 1 is 1.40 bits per heavy atom. The molecule has 10 heavy (non-hydrogen) atoms. The van der Waals surface area contributed by atoms with Crippen LogP contribution in [0.25, 0.3) is 0 Å². The lowest BCUT2D eigenvalue weighted by Gasteiger charge is -2.36. The SMILES string of the molecule is C=CC(C)C.O=P([O-])([O-])[O-]. The van der Waals surface area contributed by atoms with Crippen LogP contribution in [0.2, 0.25) is 0 Å². The van der Waals surface area contributed by atoms with Crippen molar-refractivity contribution >= 4 is 7.82 Å². The normalized spacial score (nSPS) is 10.2. The van der Waals surface area contributed by atoms with E-state index in [1.54, 1.807) is 0 Å². The van der Waals surface area contributed by atoms with Crippen LogP contribution >= 0.6 is 7.82 Å². The summed E-state index contributed by atoms with van der Waals surface area (Å²) in [5, 5.41) is 0. The maximum atomic E-state index is 8.55. The molecular formula is C5H10O4P-3. The zero-order valence-corrected chi connectivity index (χ0v) is 6.84. The van der Waals surface area contributed by atoms with E-state index in [0.29, 0.717) is 5.92 Å². The Balaban J connectivity index is 0. The topological polar surface area (TPSA) is 86.2 Å². The van der Waals surface area contributed by atoms with Crippen LogP contribution in [0.1, 0.15) is 13.8 Å². The summed E-state index contributed by atoms with van der Waals surface area (Å²) >= 11 is 0. The number of hydrogen-bond acceptors (Lipinski definition) is 4. The minimum absolute atomic E-state index is 0.648. The first-order valence-corrected chi connectivity index (χ1v) is 4.09. The van der Waals surface area contributed by atoms with E-state index >= 15 is 0 Å². The molecule has 0 saturated carbocycles. The lowest BCUT2D eigenvalue weighted by Crippen LogP contribution is -2.24. The second-order valence-corrected chi connectivity index (χ2v) is 2.82. The van der Waals surface area contributed by atoms with Crippen LogP contribution in [0.5, 0.6) is 0 Å². The van der Waals surface area contributed by atoms with Gasteiger partial charge in [-0.15, -0.1) is 6.58 Å². The predicted octanol–water partition coefficient (Wildman–Crippen LogP) is -0.996. The lowest BCUT2D eigenvalue weighted by molar-refractivity contribution is -0.432. The van der Waals surface area contributed by atoms with Gasteiger partial charge in [-0.3, -0.25) is 0 Å². The number of hydrogen-bond donors (Lipinski definition) is 0. The molecular weight excluding hydrogens is 155 g/mol. The molecule has 0 atom stereocenters. The summed E-state index contributed by atoms with van der Waals surface area (Å²) in [7, 11) is -5.39. The van der Waals surface area contributed by atoms with Gasteiger partial charge >= 0.3 is 0 Å². The highest BCUT2D eigenvalue weighted by Crippen LogP contribution is 2.03. The number of allylic oxidation sites excluding steroid dienone is 1. The largest absolute Gasteiger partial charge is 0.822 e. The standard InChI is InChI=1S/C5H10.H3O4P/c1-4-5(2)3;1-5(2,3)4/h4-5H,1H2,2-3H3;(H3,1,2,3,4)/p-3. The first-order valence-electron chi connectivity index (χ1n) is 2.63. The second kappa shape index (κ2) is 5.62. The van der Waals surface area contributed by atoms with E-state index in [1.165, 1.54) is 0 Å². The zero-order valence-electron chi connectivity index (χ0n) is 5.94. The van der Waals surface area contributed by atoms with Crippen molar-refractivity contribution in [1.82, 2.24) is 0 Å². The highest BCUT2D eigenvalue weighted by atomic mass is 31.2. The quantitative estimate of drug-likeness (QED) is 0.368. The number of phosphoric acid groups is 1. The highest BCUT2D eigenvalue weighted by molar-refractivity contribution is 7.40. The van der Waals surface area contributed by atoms with E-state index in [4.69, 9.17) is 19.2 Å². The molecule has 0 aliphatic heterocycles. The van der Waals surface area contributed by atoms with Crippen molar-refractivity contribution in [2.45, 2.75) is 13.8 Å². The van der Waals surface area contributed by atoms with Crippen LogP contribution in [0.15, 0.2) is 12.7 Å². The smallest absolute Gasteiger partial charge is 0.0293 e. The van der Waals surface area contributed by atoms with Crippen molar-refractivity contribution in [2.24, 2.45) is 5.92 Å². The van der Waals surface area contributed by atoms with Gasteiger partial charge in [0.25, 0.3) is 0 Å². The summed E-state index contributed by atoms with van der Waals surface area (Å²) in [4.78, 5) is 25.6. The summed E-state index contributed by atoms with van der Waals surface area (Å²) in [6.07, 6.45) is 1.92. The van der Waals surface area contributed by atoms with E-state index in [9.17, 15) is 0 Å². The molecule has 0 saturated heterocycles. The van der Waals surface area contributed by atoms with Gasteiger partial charge in [0.2, 0.25) is 0 Å². The van der Waals surface area contributed by atoms with Crippen LogP contribution in [-0.2, 0) is 4.57 Å². The van der Waals surface area contributed by atoms with Crippen LogP contribution in [0.3, 0.4) is 0 Å². The van der Waals surface area contributed by atoms with Crippen LogP contribution in [0, 0.1) is 5.92 Å². The van der Waals surface area contributed by atoms with Gasteiger partial charge in [0, 0.05) is 0 Å². The Labute approximate surface area is 60.4 Å². The monoisotopic (exact) mass is 165 g/mol. The molecule has 0 fully saturated rings. The summed E-state index contributed by atoms with van der Waals surface area (Å²) in [6.45, 7) is 7.77. The maximum Gasteiger partial charge on any atom is -0.0293 e. The Morgan fingerprint density at radius 3 is 1.50 bits per heavy atom. The molecule has 62 valence electrons. The van der Waals surface area contributed by atoms with E-state index < -0.39 is 7.82 Å². The average Bonchev–Trinajstić information content (AvgIpc) is 1.61. The fourth-order valence-corrected chi connectivity index (χ4v) is 0. The third kappa shape index (κ3) is 108. The Hall–Kier alpha value is -0.150. The third-order valence-electron chi connectivity index (χ3n) is 0.471. The molecule has 0 aromatic rings. The highest BCUT2D eigenvalue weighted by Gasteiger charge is 1.73. The minimum Gasteiger partial charge on any atom is -0.822 e. The average molecular weight is 165 g/mol. The van der Waals surface area contributed by atoms with Gasteiger partial charge in [0.1, 0.15) is 0 Å². The molecule has 0 heterocycles. The number of rotatable bonds is 1. The summed E-state index contributed by atoms with van der Waals surface area (Å²) < 4.78 is 8.55. The van der Waals surface area contributed by atoms with Gasteiger partial charge in [-0.2, -0.15) is 7.82 Å². The Kier molecular flexibility index (Phi) is 7.04. The minimum atomic E-state index is -5.39. The molecule has 0 aliphatic rings. The molecule has 0 aromatic carbocycles. The van der Waals surface area contributed by atoms with Gasteiger partial charge in [-0.05, 0) is 5.92 Å². The summed E-state index contributed by atoms with van der Waals surface area (Å²) in [5.74, 6) is 0.648. The first kappa shape index (κ1) is 12.5. The Morgan fingerprint density at radius 2 is 1.50 bits per heavy atom. The van der Waals surface area contributed by atoms with Gasteiger partial charge in [-0.25, -0.2) is 0 Å². The van der Waals surface area contributed by atoms with Crippen molar-refractivity contribution in [3.63, 3.8) is 0 Å². The van der Waals surface area contributed by atoms with Crippen molar-refractivity contribution in [1.29, 1.82) is 0 Å². The van der Waals surface area contributed by atoms with E-state index in [1.807, 2.05) is 6.08 Å². The molecule has 0 spiro atoms. The van der Waals surface area contributed by atoms with Crippen molar-refractivity contribution < 1.29 is 19.2 Å². The van der Waals surface area contributed by atoms with Gasteiger partial charge < -0.3 is 19.2 Å². The molecule has 5 heteroatoms. The van der Waals surface area contributed by atoms with Crippen LogP contribution in [0.4, 0.5) is 0 Å². The molecule has 0 bridgehead atoms. The molecule has 4 nitrogen and oxygen atoms in total. The van der Waals surface area contributed by atoms with Gasteiger partial charge in [-0.1, -0.05) is 19.9 Å². The molecule has 0 aromatic heterocycles. The molecule has 0 amide bonds. The van der Waals surface area contributed by atoms with Gasteiger partial charge in [0.15, 0.2) is 0 Å². The van der Waals surface area contributed by atoms with Crippen LogP contribution < -0.4 is 14.7 Å². The molecule has 0 unspecified atom stereocenters. The zero-order chi connectivity index (χ0) is 8.78. The van der Waals surface area contributed by atoms with Crippen molar-refractivity contribution in [2.75, 3.05) is 0 Å². The Bertz CT molecular complexity index is 117. The molecule has 0 rings (SSSR count). The van der Waals surface area contributed by atoms with Crippen LogP contribution in [-0.4, -0.2) is 0 Å². The maximum absolute atomic E-state index is 8.55.